The van der Waals surface area contributed by atoms with Crippen LogP contribution in [0.1, 0.15) is 38.8 Å². The van der Waals surface area contributed by atoms with Crippen molar-refractivity contribution in [3.8, 4) is 11.5 Å². The van der Waals surface area contributed by atoms with Crippen LogP contribution in [-0.2, 0) is 4.74 Å². The second-order valence-electron chi connectivity index (χ2n) is 5.74. The third-order valence-electron chi connectivity index (χ3n) is 3.78. The lowest BCUT2D eigenvalue weighted by Crippen LogP contribution is -2.15. The van der Waals surface area contributed by atoms with Gasteiger partial charge in [0, 0.05) is 5.56 Å². The molecular weight excluding hydrogens is 356 g/mol. The molecule has 0 aromatic heterocycles. The average Bonchev–Trinajstić information content (AvgIpc) is 2.62. The molecule has 26 heavy (non-hydrogen) atoms. The number of halogens is 1. The van der Waals surface area contributed by atoms with Gasteiger partial charge in [0.15, 0.2) is 18.1 Å². The van der Waals surface area contributed by atoms with Crippen molar-refractivity contribution in [2.75, 3.05) is 20.3 Å². The molecule has 0 aliphatic heterocycles. The summed E-state index contributed by atoms with van der Waals surface area (Å²) >= 11 is 6.15. The second kappa shape index (κ2) is 8.72. The number of hydrogen-bond acceptors (Lipinski definition) is 5. The third-order valence-corrected chi connectivity index (χ3v) is 4.06. The maximum Gasteiger partial charge on any atom is 0.338 e. The third kappa shape index (κ3) is 4.55. The average molecular weight is 377 g/mol. The fourth-order valence-electron chi connectivity index (χ4n) is 2.45. The van der Waals surface area contributed by atoms with Gasteiger partial charge in [-0.15, -0.1) is 0 Å². The summed E-state index contributed by atoms with van der Waals surface area (Å²) in [6.07, 6.45) is 0. The van der Waals surface area contributed by atoms with Crippen LogP contribution in [0.2, 0.25) is 5.02 Å². The maximum atomic E-state index is 12.3. The van der Waals surface area contributed by atoms with Crippen LogP contribution in [-0.4, -0.2) is 32.1 Å². The largest absolute Gasteiger partial charge is 0.493 e. The SMILES string of the molecule is CCOc1c(Cl)cc(C(=O)OCC(=O)c2cc(C)ccc2C)cc1OC. The Morgan fingerprint density at radius 1 is 1.12 bits per heavy atom. The molecule has 0 aliphatic rings. The molecule has 138 valence electrons. The van der Waals surface area contributed by atoms with E-state index in [1.165, 1.54) is 19.2 Å². The van der Waals surface area contributed by atoms with Crippen LogP contribution in [0.4, 0.5) is 0 Å². The number of methoxy groups -OCH3 is 1. The Morgan fingerprint density at radius 3 is 2.50 bits per heavy atom. The van der Waals surface area contributed by atoms with Gasteiger partial charge in [-0.1, -0.05) is 29.3 Å². The predicted molar refractivity (Wildman–Crippen MR) is 99.7 cm³/mol. The summed E-state index contributed by atoms with van der Waals surface area (Å²) in [6.45, 7) is 5.61. The molecule has 6 heteroatoms. The number of carbonyl (C=O) groups excluding carboxylic acids is 2. The smallest absolute Gasteiger partial charge is 0.338 e. The first-order chi connectivity index (χ1) is 12.4. The van der Waals surface area contributed by atoms with Gasteiger partial charge >= 0.3 is 5.97 Å². The Balaban J connectivity index is 2.14. The summed E-state index contributed by atoms with van der Waals surface area (Å²) in [6, 6.07) is 8.47. The first-order valence-electron chi connectivity index (χ1n) is 8.15. The van der Waals surface area contributed by atoms with Crippen LogP contribution in [0.25, 0.3) is 0 Å². The van der Waals surface area contributed by atoms with Gasteiger partial charge in [-0.05, 0) is 44.5 Å². The minimum absolute atomic E-state index is 0.184. The Hall–Kier alpha value is -2.53. The van der Waals surface area contributed by atoms with Crippen LogP contribution < -0.4 is 9.47 Å². The standard InChI is InChI=1S/C20H21ClO5/c1-5-25-19-16(21)9-14(10-18(19)24-4)20(23)26-11-17(22)15-8-12(2)6-7-13(15)3/h6-10H,5,11H2,1-4H3. The number of rotatable bonds is 7. The summed E-state index contributed by atoms with van der Waals surface area (Å²) < 4.78 is 15.8. The van der Waals surface area contributed by atoms with Crippen molar-refractivity contribution in [3.63, 3.8) is 0 Å². The number of esters is 1. The first-order valence-corrected chi connectivity index (χ1v) is 8.53. The summed E-state index contributed by atoms with van der Waals surface area (Å²) in [4.78, 5) is 24.6. The first kappa shape index (κ1) is 19.8. The van der Waals surface area contributed by atoms with E-state index in [4.69, 9.17) is 25.8 Å². The van der Waals surface area contributed by atoms with Crippen molar-refractivity contribution in [2.24, 2.45) is 0 Å². The highest BCUT2D eigenvalue weighted by Crippen LogP contribution is 2.36. The molecule has 0 aliphatic carbocycles. The van der Waals surface area contributed by atoms with E-state index in [-0.39, 0.29) is 23.0 Å². The fraction of sp³-hybridized carbons (Fsp3) is 0.300. The number of benzene rings is 2. The lowest BCUT2D eigenvalue weighted by Gasteiger charge is -2.13. The molecule has 0 heterocycles. The Morgan fingerprint density at radius 2 is 1.85 bits per heavy atom. The monoisotopic (exact) mass is 376 g/mol. The lowest BCUT2D eigenvalue weighted by molar-refractivity contribution is 0.0474. The highest BCUT2D eigenvalue weighted by atomic mass is 35.5. The van der Waals surface area contributed by atoms with Crippen molar-refractivity contribution < 1.29 is 23.8 Å². The molecule has 0 unspecified atom stereocenters. The van der Waals surface area contributed by atoms with Crippen LogP contribution in [0.5, 0.6) is 11.5 Å². The number of Topliss-reactive ketones (excluding diaryl/α,β-unsaturated/α-hetero) is 1. The van der Waals surface area contributed by atoms with Gasteiger partial charge < -0.3 is 14.2 Å². The van der Waals surface area contributed by atoms with E-state index in [0.29, 0.717) is 23.7 Å². The van der Waals surface area contributed by atoms with E-state index in [9.17, 15) is 9.59 Å². The molecule has 2 rings (SSSR count). The molecule has 0 saturated heterocycles. The molecule has 0 amide bonds. The van der Waals surface area contributed by atoms with Gasteiger partial charge in [0.1, 0.15) is 0 Å². The van der Waals surface area contributed by atoms with E-state index in [1.807, 2.05) is 32.9 Å². The molecule has 0 bridgehead atoms. The minimum Gasteiger partial charge on any atom is -0.493 e. The molecular formula is C20H21ClO5. The zero-order valence-corrected chi connectivity index (χ0v) is 16.0. The molecule has 2 aromatic rings. The Kier molecular flexibility index (Phi) is 6.64. The summed E-state index contributed by atoms with van der Waals surface area (Å²) in [5, 5.41) is 0.235. The number of ether oxygens (including phenoxy) is 3. The quantitative estimate of drug-likeness (QED) is 0.529. The lowest BCUT2D eigenvalue weighted by atomic mass is 10.0. The van der Waals surface area contributed by atoms with E-state index in [1.54, 1.807) is 6.07 Å². The van der Waals surface area contributed by atoms with Crippen molar-refractivity contribution in [2.45, 2.75) is 20.8 Å². The van der Waals surface area contributed by atoms with E-state index >= 15 is 0 Å². The van der Waals surface area contributed by atoms with Gasteiger partial charge in [0.2, 0.25) is 5.78 Å². The summed E-state index contributed by atoms with van der Waals surface area (Å²) in [7, 11) is 1.45. The number of ketones is 1. The zero-order valence-electron chi connectivity index (χ0n) is 15.2. The molecule has 2 aromatic carbocycles. The van der Waals surface area contributed by atoms with Gasteiger partial charge in [-0.3, -0.25) is 4.79 Å². The second-order valence-corrected chi connectivity index (χ2v) is 6.15. The maximum absolute atomic E-state index is 12.3. The molecule has 0 fully saturated rings. The summed E-state index contributed by atoms with van der Waals surface area (Å²) in [5.41, 5.74) is 2.53. The number of carbonyl (C=O) groups is 2. The predicted octanol–water partition coefficient (Wildman–Crippen LogP) is 4.40. The van der Waals surface area contributed by atoms with Crippen molar-refractivity contribution >= 4 is 23.4 Å². The van der Waals surface area contributed by atoms with Crippen molar-refractivity contribution in [1.29, 1.82) is 0 Å². The minimum atomic E-state index is -0.660. The molecule has 0 N–H and O–H groups in total. The normalized spacial score (nSPS) is 10.3. The molecule has 0 atom stereocenters. The van der Waals surface area contributed by atoms with Crippen molar-refractivity contribution in [3.05, 3.63) is 57.6 Å². The van der Waals surface area contributed by atoms with Gasteiger partial charge in [0.05, 0.1) is 24.3 Å². The topological polar surface area (TPSA) is 61.8 Å². The van der Waals surface area contributed by atoms with Crippen LogP contribution in [0, 0.1) is 13.8 Å². The van der Waals surface area contributed by atoms with Crippen LogP contribution in [0.3, 0.4) is 0 Å². The molecule has 5 nitrogen and oxygen atoms in total. The molecule has 0 saturated carbocycles. The van der Waals surface area contributed by atoms with Gasteiger partial charge in [0.25, 0.3) is 0 Å². The highest BCUT2D eigenvalue weighted by molar-refractivity contribution is 6.32. The highest BCUT2D eigenvalue weighted by Gasteiger charge is 2.18. The van der Waals surface area contributed by atoms with Crippen molar-refractivity contribution in [1.82, 2.24) is 0 Å². The molecule has 0 radical (unpaired) electrons. The van der Waals surface area contributed by atoms with E-state index < -0.39 is 5.97 Å². The fourth-order valence-corrected chi connectivity index (χ4v) is 2.72. The number of hydrogen-bond donors (Lipinski definition) is 0. The Labute approximate surface area is 157 Å². The number of aryl methyl sites for hydroxylation is 2. The van der Waals surface area contributed by atoms with Gasteiger partial charge in [-0.25, -0.2) is 4.79 Å². The molecule has 0 spiro atoms. The summed E-state index contributed by atoms with van der Waals surface area (Å²) in [5.74, 6) is -0.234. The van der Waals surface area contributed by atoms with Gasteiger partial charge in [-0.2, -0.15) is 0 Å². The zero-order chi connectivity index (χ0) is 19.3. The van der Waals surface area contributed by atoms with E-state index in [0.717, 1.165) is 11.1 Å². The Bertz CT molecular complexity index is 829. The van der Waals surface area contributed by atoms with Crippen LogP contribution in [0.15, 0.2) is 30.3 Å². The van der Waals surface area contributed by atoms with E-state index in [2.05, 4.69) is 0 Å². The van der Waals surface area contributed by atoms with Crippen LogP contribution >= 0.6 is 11.6 Å².